The number of pyridine rings is 1. The van der Waals surface area contributed by atoms with E-state index in [1.54, 1.807) is 0 Å². The fourth-order valence-corrected chi connectivity index (χ4v) is 3.53. The predicted octanol–water partition coefficient (Wildman–Crippen LogP) is 3.08. The molecule has 5 nitrogen and oxygen atoms in total. The van der Waals surface area contributed by atoms with E-state index < -0.39 is 11.9 Å². The molecule has 8 heteroatoms. The van der Waals surface area contributed by atoms with Crippen molar-refractivity contribution in [1.29, 1.82) is 0 Å². The van der Waals surface area contributed by atoms with Gasteiger partial charge in [-0.15, -0.1) is 0 Å². The summed E-state index contributed by atoms with van der Waals surface area (Å²) in [6.45, 7) is 2.48. The first-order valence-electron chi connectivity index (χ1n) is 8.44. The van der Waals surface area contributed by atoms with Gasteiger partial charge in [-0.25, -0.2) is 9.97 Å². The van der Waals surface area contributed by atoms with Gasteiger partial charge in [0.25, 0.3) is 0 Å². The molecule has 26 heavy (non-hydrogen) atoms. The number of alkyl halides is 3. The summed E-state index contributed by atoms with van der Waals surface area (Å²) in [5.74, 6) is 0. The highest BCUT2D eigenvalue weighted by atomic mass is 19.4. The van der Waals surface area contributed by atoms with Gasteiger partial charge in [0, 0.05) is 49.5 Å². The first kappa shape index (κ1) is 17.0. The van der Waals surface area contributed by atoms with Crippen molar-refractivity contribution in [2.75, 3.05) is 13.6 Å². The third kappa shape index (κ3) is 3.05. The Labute approximate surface area is 148 Å². The zero-order valence-electron chi connectivity index (χ0n) is 14.3. The SMILES string of the molecule is CN1CCc2c(c3cncnc3n2CCc2ccc(C(F)(F)F)nc2)C1. The van der Waals surface area contributed by atoms with E-state index in [1.807, 2.05) is 6.20 Å². The van der Waals surface area contributed by atoms with Crippen molar-refractivity contribution < 1.29 is 13.2 Å². The molecule has 0 saturated heterocycles. The minimum absolute atomic E-state index is 0.598. The van der Waals surface area contributed by atoms with Crippen LogP contribution in [0, 0.1) is 0 Å². The number of rotatable bonds is 3. The molecule has 0 radical (unpaired) electrons. The van der Waals surface area contributed by atoms with Crippen LogP contribution in [0.3, 0.4) is 0 Å². The number of aryl methyl sites for hydroxylation is 2. The zero-order chi connectivity index (χ0) is 18.3. The van der Waals surface area contributed by atoms with Crippen LogP contribution in [0.5, 0.6) is 0 Å². The molecule has 1 aliphatic heterocycles. The Morgan fingerprint density at radius 1 is 1.15 bits per heavy atom. The second kappa shape index (κ2) is 6.35. The molecule has 0 atom stereocenters. The molecule has 0 spiro atoms. The van der Waals surface area contributed by atoms with Gasteiger partial charge in [0.15, 0.2) is 0 Å². The molecular formula is C18H18F3N5. The summed E-state index contributed by atoms with van der Waals surface area (Å²) in [6, 6.07) is 2.53. The van der Waals surface area contributed by atoms with E-state index in [0.29, 0.717) is 13.0 Å². The van der Waals surface area contributed by atoms with Crippen molar-refractivity contribution in [2.24, 2.45) is 0 Å². The van der Waals surface area contributed by atoms with Crippen LogP contribution in [-0.2, 0) is 32.1 Å². The third-order valence-corrected chi connectivity index (χ3v) is 4.84. The number of nitrogens with zero attached hydrogens (tertiary/aromatic N) is 5. The summed E-state index contributed by atoms with van der Waals surface area (Å²) in [4.78, 5) is 14.4. The van der Waals surface area contributed by atoms with Crippen LogP contribution in [0.25, 0.3) is 11.0 Å². The smallest absolute Gasteiger partial charge is 0.329 e. The van der Waals surface area contributed by atoms with Gasteiger partial charge in [-0.2, -0.15) is 13.2 Å². The number of hydrogen-bond acceptors (Lipinski definition) is 4. The van der Waals surface area contributed by atoms with Crippen LogP contribution >= 0.6 is 0 Å². The first-order chi connectivity index (χ1) is 12.4. The van der Waals surface area contributed by atoms with Crippen molar-refractivity contribution in [1.82, 2.24) is 24.4 Å². The van der Waals surface area contributed by atoms with Gasteiger partial charge in [-0.1, -0.05) is 6.07 Å². The average Bonchev–Trinajstić information content (AvgIpc) is 2.93. The first-order valence-corrected chi connectivity index (χ1v) is 8.44. The van der Waals surface area contributed by atoms with Crippen molar-refractivity contribution >= 4 is 11.0 Å². The summed E-state index contributed by atoms with van der Waals surface area (Å²) >= 11 is 0. The molecule has 136 valence electrons. The molecule has 0 N–H and O–H groups in total. The minimum Gasteiger partial charge on any atom is -0.329 e. The lowest BCUT2D eigenvalue weighted by Crippen LogP contribution is -2.27. The third-order valence-electron chi connectivity index (χ3n) is 4.84. The molecule has 3 aromatic rings. The molecule has 0 fully saturated rings. The fourth-order valence-electron chi connectivity index (χ4n) is 3.53. The van der Waals surface area contributed by atoms with Crippen LogP contribution < -0.4 is 0 Å². The number of fused-ring (bicyclic) bond motifs is 3. The molecule has 4 rings (SSSR count). The number of likely N-dealkylation sites (N-methyl/N-ethyl adjacent to an activating group) is 1. The van der Waals surface area contributed by atoms with Crippen molar-refractivity contribution in [3.63, 3.8) is 0 Å². The quantitative estimate of drug-likeness (QED) is 0.719. The van der Waals surface area contributed by atoms with Crippen molar-refractivity contribution in [3.8, 4) is 0 Å². The van der Waals surface area contributed by atoms with Gasteiger partial charge in [0.2, 0.25) is 0 Å². The van der Waals surface area contributed by atoms with Crippen LogP contribution in [-0.4, -0.2) is 38.0 Å². The standard InChI is InChI=1S/C18H18F3N5/c1-25-6-5-15-14(10-25)13-9-22-11-24-17(13)26(15)7-4-12-2-3-16(23-8-12)18(19,20)21/h2-3,8-9,11H,4-7,10H2,1H3. The van der Waals surface area contributed by atoms with E-state index in [0.717, 1.165) is 42.2 Å². The second-order valence-corrected chi connectivity index (χ2v) is 6.62. The van der Waals surface area contributed by atoms with E-state index in [1.165, 1.54) is 29.8 Å². The molecule has 0 aromatic carbocycles. The normalized spacial score (nSPS) is 15.4. The predicted molar refractivity (Wildman–Crippen MR) is 90.5 cm³/mol. The highest BCUT2D eigenvalue weighted by molar-refractivity contribution is 5.81. The molecule has 0 bridgehead atoms. The van der Waals surface area contributed by atoms with Crippen LogP contribution in [0.15, 0.2) is 30.9 Å². The summed E-state index contributed by atoms with van der Waals surface area (Å²) in [7, 11) is 2.09. The number of hydrogen-bond donors (Lipinski definition) is 0. The van der Waals surface area contributed by atoms with Crippen molar-refractivity contribution in [3.05, 3.63) is 53.4 Å². The van der Waals surface area contributed by atoms with Crippen LogP contribution in [0.2, 0.25) is 0 Å². The Kier molecular flexibility index (Phi) is 4.14. The van der Waals surface area contributed by atoms with Gasteiger partial charge in [0.1, 0.15) is 17.7 Å². The van der Waals surface area contributed by atoms with Crippen molar-refractivity contribution in [2.45, 2.75) is 32.1 Å². The number of halogens is 3. The summed E-state index contributed by atoms with van der Waals surface area (Å²) in [5, 5.41) is 1.06. The lowest BCUT2D eigenvalue weighted by molar-refractivity contribution is -0.141. The Hall–Kier alpha value is -2.48. The van der Waals surface area contributed by atoms with E-state index in [9.17, 15) is 13.2 Å². The molecule has 3 aromatic heterocycles. The van der Waals surface area contributed by atoms with Crippen LogP contribution in [0.1, 0.15) is 22.5 Å². The minimum atomic E-state index is -4.41. The Bertz CT molecular complexity index is 930. The second-order valence-electron chi connectivity index (χ2n) is 6.62. The summed E-state index contributed by atoms with van der Waals surface area (Å²) < 4.78 is 40.1. The zero-order valence-corrected chi connectivity index (χ0v) is 14.3. The monoisotopic (exact) mass is 361 g/mol. The molecular weight excluding hydrogens is 343 g/mol. The summed E-state index contributed by atoms with van der Waals surface area (Å²) in [5.41, 5.74) is 3.30. The van der Waals surface area contributed by atoms with E-state index >= 15 is 0 Å². The highest BCUT2D eigenvalue weighted by Crippen LogP contribution is 2.30. The highest BCUT2D eigenvalue weighted by Gasteiger charge is 2.32. The molecule has 0 amide bonds. The summed E-state index contributed by atoms with van der Waals surface area (Å²) in [6.07, 6.45) is 1.81. The average molecular weight is 361 g/mol. The van der Waals surface area contributed by atoms with E-state index in [-0.39, 0.29) is 0 Å². The largest absolute Gasteiger partial charge is 0.433 e. The Morgan fingerprint density at radius 2 is 2.00 bits per heavy atom. The topological polar surface area (TPSA) is 46.8 Å². The Balaban J connectivity index is 1.62. The lowest BCUT2D eigenvalue weighted by atomic mass is 10.1. The fraction of sp³-hybridized carbons (Fsp3) is 0.389. The molecule has 0 saturated carbocycles. The number of aromatic nitrogens is 4. The van der Waals surface area contributed by atoms with E-state index in [2.05, 4.69) is 31.5 Å². The van der Waals surface area contributed by atoms with Gasteiger partial charge in [0.05, 0.1) is 0 Å². The molecule has 0 aliphatic carbocycles. The molecule has 4 heterocycles. The van der Waals surface area contributed by atoms with Gasteiger partial charge in [-0.3, -0.25) is 4.98 Å². The maximum Gasteiger partial charge on any atom is 0.433 e. The van der Waals surface area contributed by atoms with E-state index in [4.69, 9.17) is 0 Å². The lowest BCUT2D eigenvalue weighted by Gasteiger charge is -2.24. The van der Waals surface area contributed by atoms with Gasteiger partial charge < -0.3 is 9.47 Å². The maximum atomic E-state index is 12.6. The van der Waals surface area contributed by atoms with Gasteiger partial charge in [-0.05, 0) is 30.7 Å². The van der Waals surface area contributed by atoms with Crippen LogP contribution in [0.4, 0.5) is 13.2 Å². The van der Waals surface area contributed by atoms with Gasteiger partial charge >= 0.3 is 6.18 Å². The Morgan fingerprint density at radius 3 is 2.73 bits per heavy atom. The maximum absolute atomic E-state index is 12.6. The molecule has 0 unspecified atom stereocenters. The molecule has 1 aliphatic rings.